The Labute approximate surface area is 118 Å². The van der Waals surface area contributed by atoms with Crippen LogP contribution in [0.15, 0.2) is 17.1 Å². The zero-order chi connectivity index (χ0) is 15.1. The molecule has 0 aliphatic rings. The quantitative estimate of drug-likeness (QED) is 0.641. The van der Waals surface area contributed by atoms with Crippen molar-refractivity contribution in [1.29, 1.82) is 0 Å². The Hall–Kier alpha value is -1.89. The van der Waals surface area contributed by atoms with E-state index in [0.717, 1.165) is 4.68 Å². The van der Waals surface area contributed by atoms with Crippen LogP contribution in [0.4, 0.5) is 5.69 Å². The summed E-state index contributed by atoms with van der Waals surface area (Å²) in [6.45, 7) is 6.93. The Balaban J connectivity index is 2.64. The molecule has 7 nitrogen and oxygen atoms in total. The van der Waals surface area contributed by atoms with Crippen LogP contribution >= 0.6 is 0 Å². The molecule has 0 spiro atoms. The lowest BCUT2D eigenvalue weighted by molar-refractivity contribution is -0.122. The Bertz CT molecular complexity index is 498. The second-order valence-corrected chi connectivity index (χ2v) is 5.06. The van der Waals surface area contributed by atoms with E-state index >= 15 is 0 Å². The fourth-order valence-corrected chi connectivity index (χ4v) is 1.47. The summed E-state index contributed by atoms with van der Waals surface area (Å²) in [6, 6.07) is 1.46. The summed E-state index contributed by atoms with van der Waals surface area (Å²) in [7, 11) is 0. The first kappa shape index (κ1) is 16.2. The molecular weight excluding hydrogens is 258 g/mol. The fourth-order valence-electron chi connectivity index (χ4n) is 1.47. The van der Waals surface area contributed by atoms with Crippen molar-refractivity contribution in [1.82, 2.24) is 15.1 Å². The van der Waals surface area contributed by atoms with Crippen LogP contribution in [0.3, 0.4) is 0 Å². The van der Waals surface area contributed by atoms with Crippen LogP contribution in [0.25, 0.3) is 0 Å². The maximum Gasteiger partial charge on any atom is 0.269 e. The van der Waals surface area contributed by atoms with E-state index in [2.05, 4.69) is 15.7 Å². The molecule has 1 atom stereocenters. The first-order valence-corrected chi connectivity index (χ1v) is 6.74. The highest BCUT2D eigenvalue weighted by Gasteiger charge is 2.12. The van der Waals surface area contributed by atoms with E-state index in [1.165, 1.54) is 12.3 Å². The molecule has 1 unspecified atom stereocenters. The maximum atomic E-state index is 11.8. The Morgan fingerprint density at radius 1 is 1.45 bits per heavy atom. The van der Waals surface area contributed by atoms with Gasteiger partial charge in [0.05, 0.1) is 11.9 Å². The molecule has 0 radical (unpaired) electrons. The van der Waals surface area contributed by atoms with E-state index < -0.39 is 0 Å². The molecule has 0 aliphatic carbocycles. The third kappa shape index (κ3) is 5.00. The zero-order valence-electron chi connectivity index (χ0n) is 12.2. The Morgan fingerprint density at radius 2 is 2.15 bits per heavy atom. The van der Waals surface area contributed by atoms with Gasteiger partial charge < -0.3 is 16.4 Å². The molecule has 0 saturated carbocycles. The number of nitrogens with zero attached hydrogens (tertiary/aromatic N) is 2. The molecular formula is C13H23N5O2. The summed E-state index contributed by atoms with van der Waals surface area (Å²) < 4.78 is 1.13. The van der Waals surface area contributed by atoms with Crippen molar-refractivity contribution >= 4 is 11.6 Å². The van der Waals surface area contributed by atoms with E-state index in [0.29, 0.717) is 24.7 Å². The SMILES string of the molecule is CC(C)C(C)NC(=O)Cn1ncc(NCCN)cc1=O. The largest absolute Gasteiger partial charge is 0.382 e. The molecule has 4 N–H and O–H groups in total. The van der Waals surface area contributed by atoms with Gasteiger partial charge in [0.2, 0.25) is 5.91 Å². The molecule has 0 saturated heterocycles. The number of anilines is 1. The van der Waals surface area contributed by atoms with Crippen molar-refractivity contribution < 1.29 is 4.79 Å². The molecule has 1 aromatic heterocycles. The number of nitrogens with two attached hydrogens (primary N) is 1. The van der Waals surface area contributed by atoms with Gasteiger partial charge in [-0.05, 0) is 12.8 Å². The van der Waals surface area contributed by atoms with Crippen LogP contribution < -0.4 is 21.9 Å². The lowest BCUT2D eigenvalue weighted by Gasteiger charge is -2.17. The van der Waals surface area contributed by atoms with Gasteiger partial charge in [0, 0.05) is 25.2 Å². The fraction of sp³-hybridized carbons (Fsp3) is 0.615. The van der Waals surface area contributed by atoms with E-state index in [1.54, 1.807) is 0 Å². The summed E-state index contributed by atoms with van der Waals surface area (Å²) in [5.74, 6) is 0.120. The van der Waals surface area contributed by atoms with Crippen LogP contribution in [-0.2, 0) is 11.3 Å². The highest BCUT2D eigenvalue weighted by atomic mass is 16.2. The van der Waals surface area contributed by atoms with Crippen molar-refractivity contribution in [2.45, 2.75) is 33.4 Å². The monoisotopic (exact) mass is 281 g/mol. The lowest BCUT2D eigenvalue weighted by atomic mass is 10.1. The van der Waals surface area contributed by atoms with Crippen molar-refractivity contribution in [2.24, 2.45) is 11.7 Å². The number of amides is 1. The van der Waals surface area contributed by atoms with Crippen molar-refractivity contribution in [2.75, 3.05) is 18.4 Å². The molecule has 112 valence electrons. The molecule has 0 bridgehead atoms. The summed E-state index contributed by atoms with van der Waals surface area (Å²) in [5.41, 5.74) is 5.65. The van der Waals surface area contributed by atoms with Gasteiger partial charge in [-0.2, -0.15) is 5.10 Å². The number of hydrogen-bond donors (Lipinski definition) is 3. The number of carbonyl (C=O) groups is 1. The third-order valence-electron chi connectivity index (χ3n) is 3.03. The van der Waals surface area contributed by atoms with E-state index in [1.807, 2.05) is 20.8 Å². The third-order valence-corrected chi connectivity index (χ3v) is 3.03. The van der Waals surface area contributed by atoms with Crippen LogP contribution in [-0.4, -0.2) is 34.8 Å². The molecule has 20 heavy (non-hydrogen) atoms. The number of aromatic nitrogens is 2. The summed E-state index contributed by atoms with van der Waals surface area (Å²) >= 11 is 0. The molecule has 1 amide bonds. The molecule has 0 aliphatic heterocycles. The van der Waals surface area contributed by atoms with E-state index in [9.17, 15) is 9.59 Å². The maximum absolute atomic E-state index is 11.8. The minimum atomic E-state index is -0.320. The van der Waals surface area contributed by atoms with Gasteiger partial charge in [0.1, 0.15) is 6.54 Å². The number of hydrogen-bond acceptors (Lipinski definition) is 5. The highest BCUT2D eigenvalue weighted by molar-refractivity contribution is 5.75. The second kappa shape index (κ2) is 7.64. The molecule has 1 aromatic rings. The number of carbonyl (C=O) groups excluding carboxylic acids is 1. The van der Waals surface area contributed by atoms with Gasteiger partial charge in [-0.3, -0.25) is 9.59 Å². The van der Waals surface area contributed by atoms with Gasteiger partial charge in [-0.15, -0.1) is 0 Å². The molecule has 7 heteroatoms. The lowest BCUT2D eigenvalue weighted by Crippen LogP contribution is -2.40. The predicted molar refractivity (Wildman–Crippen MR) is 78.5 cm³/mol. The summed E-state index contributed by atoms with van der Waals surface area (Å²) in [6.07, 6.45) is 1.51. The first-order valence-electron chi connectivity index (χ1n) is 6.74. The second-order valence-electron chi connectivity index (χ2n) is 5.06. The number of rotatable bonds is 7. The predicted octanol–water partition coefficient (Wildman–Crippen LogP) is -0.225. The Morgan fingerprint density at radius 3 is 2.70 bits per heavy atom. The van der Waals surface area contributed by atoms with Crippen molar-refractivity contribution in [3.05, 3.63) is 22.6 Å². The standard InChI is InChI=1S/C13H23N5O2/c1-9(2)10(3)17-12(19)8-18-13(20)6-11(7-16-18)15-5-4-14/h6-7,9-10,15H,4-5,8,14H2,1-3H3,(H,17,19). The van der Waals surface area contributed by atoms with Crippen LogP contribution in [0.2, 0.25) is 0 Å². The number of nitrogens with one attached hydrogen (secondary N) is 2. The first-order chi connectivity index (χ1) is 9.43. The van der Waals surface area contributed by atoms with Crippen LogP contribution in [0.1, 0.15) is 20.8 Å². The van der Waals surface area contributed by atoms with Gasteiger partial charge in [0.15, 0.2) is 0 Å². The van der Waals surface area contributed by atoms with Crippen molar-refractivity contribution in [3.8, 4) is 0 Å². The average Bonchev–Trinajstić information content (AvgIpc) is 2.39. The van der Waals surface area contributed by atoms with Gasteiger partial charge in [-0.1, -0.05) is 13.8 Å². The minimum Gasteiger partial charge on any atom is -0.382 e. The summed E-state index contributed by atoms with van der Waals surface area (Å²) in [4.78, 5) is 23.6. The molecule has 0 aromatic carbocycles. The average molecular weight is 281 g/mol. The Kier molecular flexibility index (Phi) is 6.17. The van der Waals surface area contributed by atoms with E-state index in [-0.39, 0.29) is 24.1 Å². The van der Waals surface area contributed by atoms with Gasteiger partial charge >= 0.3 is 0 Å². The normalized spacial score (nSPS) is 12.2. The van der Waals surface area contributed by atoms with Crippen molar-refractivity contribution in [3.63, 3.8) is 0 Å². The minimum absolute atomic E-state index is 0.0590. The highest BCUT2D eigenvalue weighted by Crippen LogP contribution is 2.00. The summed E-state index contributed by atoms with van der Waals surface area (Å²) in [5, 5.41) is 9.76. The molecule has 1 rings (SSSR count). The van der Waals surface area contributed by atoms with Crippen LogP contribution in [0.5, 0.6) is 0 Å². The van der Waals surface area contributed by atoms with Crippen LogP contribution in [0, 0.1) is 5.92 Å². The molecule has 1 heterocycles. The molecule has 0 fully saturated rings. The van der Waals surface area contributed by atoms with Gasteiger partial charge in [-0.25, -0.2) is 4.68 Å². The van der Waals surface area contributed by atoms with E-state index in [4.69, 9.17) is 5.73 Å². The smallest absolute Gasteiger partial charge is 0.269 e. The zero-order valence-corrected chi connectivity index (χ0v) is 12.2. The van der Waals surface area contributed by atoms with Gasteiger partial charge in [0.25, 0.3) is 5.56 Å². The topological polar surface area (TPSA) is 102 Å².